The van der Waals surface area contributed by atoms with E-state index in [4.69, 9.17) is 4.74 Å². The number of hydrogen-bond acceptors (Lipinski definition) is 3. The highest BCUT2D eigenvalue weighted by atomic mass is 16.5. The fourth-order valence-corrected chi connectivity index (χ4v) is 2.89. The van der Waals surface area contributed by atoms with E-state index < -0.39 is 0 Å². The van der Waals surface area contributed by atoms with Gasteiger partial charge in [0.15, 0.2) is 0 Å². The number of rotatable bonds is 1. The summed E-state index contributed by atoms with van der Waals surface area (Å²) in [5, 5.41) is 3.50. The van der Waals surface area contributed by atoms with Crippen molar-refractivity contribution in [2.75, 3.05) is 38.2 Å². The summed E-state index contributed by atoms with van der Waals surface area (Å²) < 4.78 is 5.44. The predicted molar refractivity (Wildman–Crippen MR) is 69.4 cm³/mol. The van der Waals surface area contributed by atoms with Crippen LogP contribution in [0.25, 0.3) is 0 Å². The summed E-state index contributed by atoms with van der Waals surface area (Å²) in [6.45, 7) is 7.15. The Morgan fingerprint density at radius 2 is 2.12 bits per heavy atom. The Kier molecular flexibility index (Phi) is 3.04. The van der Waals surface area contributed by atoms with Gasteiger partial charge >= 0.3 is 0 Å². The lowest BCUT2D eigenvalue weighted by atomic mass is 9.94. The molecule has 1 N–H and O–H groups in total. The fraction of sp³-hybridized carbons (Fsp3) is 0.571. The van der Waals surface area contributed by atoms with Crippen molar-refractivity contribution in [3.63, 3.8) is 0 Å². The van der Waals surface area contributed by atoms with Crippen molar-refractivity contribution in [2.24, 2.45) is 0 Å². The second-order valence-corrected chi connectivity index (χ2v) is 4.97. The molecule has 0 saturated carbocycles. The maximum Gasteiger partial charge on any atom is 0.0594 e. The number of benzene rings is 1. The minimum absolute atomic E-state index is 0.579. The van der Waals surface area contributed by atoms with Gasteiger partial charge in [-0.25, -0.2) is 0 Å². The largest absolute Gasteiger partial charge is 0.385 e. The molecule has 0 amide bonds. The van der Waals surface area contributed by atoms with E-state index in [9.17, 15) is 0 Å². The molecule has 17 heavy (non-hydrogen) atoms. The van der Waals surface area contributed by atoms with Gasteiger partial charge in [0.1, 0.15) is 0 Å². The van der Waals surface area contributed by atoms with Gasteiger partial charge in [0.25, 0.3) is 0 Å². The molecule has 1 saturated heterocycles. The predicted octanol–water partition coefficient (Wildman–Crippen LogP) is 2.18. The zero-order chi connectivity index (χ0) is 11.7. The molecule has 3 heteroatoms. The third kappa shape index (κ3) is 2.17. The molecular formula is C14H20N2O. The van der Waals surface area contributed by atoms with Crippen LogP contribution in [0.2, 0.25) is 0 Å². The number of morpholine rings is 1. The molecule has 2 aliphatic rings. The Morgan fingerprint density at radius 3 is 2.94 bits per heavy atom. The van der Waals surface area contributed by atoms with Crippen LogP contribution in [0.4, 0.5) is 5.69 Å². The van der Waals surface area contributed by atoms with E-state index in [0.717, 1.165) is 32.8 Å². The zero-order valence-electron chi connectivity index (χ0n) is 10.4. The van der Waals surface area contributed by atoms with Crippen LogP contribution in [0, 0.1) is 6.92 Å². The molecule has 3 rings (SSSR count). The first kappa shape index (κ1) is 11.1. The van der Waals surface area contributed by atoms with Crippen molar-refractivity contribution in [1.29, 1.82) is 0 Å². The number of ether oxygens (including phenoxy) is 1. The summed E-state index contributed by atoms with van der Waals surface area (Å²) >= 11 is 0. The van der Waals surface area contributed by atoms with Gasteiger partial charge in [-0.15, -0.1) is 0 Å². The van der Waals surface area contributed by atoms with E-state index in [1.165, 1.54) is 23.2 Å². The monoisotopic (exact) mass is 232 g/mol. The number of fused-ring (bicyclic) bond motifs is 1. The van der Waals surface area contributed by atoms with Crippen LogP contribution < -0.4 is 5.32 Å². The topological polar surface area (TPSA) is 24.5 Å². The molecule has 2 heterocycles. The van der Waals surface area contributed by atoms with Gasteiger partial charge in [-0.1, -0.05) is 17.7 Å². The van der Waals surface area contributed by atoms with Crippen LogP contribution in [0.1, 0.15) is 23.6 Å². The van der Waals surface area contributed by atoms with Gasteiger partial charge < -0.3 is 10.1 Å². The lowest BCUT2D eigenvalue weighted by Crippen LogP contribution is -2.41. The smallest absolute Gasteiger partial charge is 0.0594 e. The first-order valence-corrected chi connectivity index (χ1v) is 6.51. The minimum Gasteiger partial charge on any atom is -0.385 e. The van der Waals surface area contributed by atoms with E-state index >= 15 is 0 Å². The van der Waals surface area contributed by atoms with Gasteiger partial charge in [0, 0.05) is 31.4 Å². The van der Waals surface area contributed by atoms with Crippen LogP contribution in [0.15, 0.2) is 18.2 Å². The highest BCUT2D eigenvalue weighted by Crippen LogP contribution is 2.34. The Labute approximate surface area is 103 Å². The number of aryl methyl sites for hydroxylation is 1. The first-order valence-electron chi connectivity index (χ1n) is 6.51. The van der Waals surface area contributed by atoms with Crippen molar-refractivity contribution >= 4 is 5.69 Å². The molecule has 1 fully saturated rings. The number of hydrogen-bond donors (Lipinski definition) is 1. The summed E-state index contributed by atoms with van der Waals surface area (Å²) in [7, 11) is 0. The van der Waals surface area contributed by atoms with Crippen LogP contribution in [0.3, 0.4) is 0 Å². The van der Waals surface area contributed by atoms with E-state index in [1.54, 1.807) is 0 Å². The van der Waals surface area contributed by atoms with Crippen LogP contribution in [0.5, 0.6) is 0 Å². The van der Waals surface area contributed by atoms with Crippen molar-refractivity contribution in [2.45, 2.75) is 19.4 Å². The maximum atomic E-state index is 5.44. The maximum absolute atomic E-state index is 5.44. The summed E-state index contributed by atoms with van der Waals surface area (Å²) in [4.78, 5) is 2.57. The van der Waals surface area contributed by atoms with Crippen molar-refractivity contribution < 1.29 is 4.74 Å². The molecule has 92 valence electrons. The highest BCUT2D eigenvalue weighted by molar-refractivity contribution is 5.55. The van der Waals surface area contributed by atoms with Gasteiger partial charge in [-0.3, -0.25) is 4.90 Å². The lowest BCUT2D eigenvalue weighted by Gasteiger charge is -2.38. The fourth-order valence-electron chi connectivity index (χ4n) is 2.89. The van der Waals surface area contributed by atoms with Gasteiger partial charge in [0.2, 0.25) is 0 Å². The Bertz CT molecular complexity index is 399. The molecule has 0 aromatic heterocycles. The van der Waals surface area contributed by atoms with Gasteiger partial charge in [-0.05, 0) is 25.0 Å². The Morgan fingerprint density at radius 1 is 1.29 bits per heavy atom. The highest BCUT2D eigenvalue weighted by Gasteiger charge is 2.26. The standard InChI is InChI=1S/C14H20N2O/c1-11-2-3-13-12(10-11)14(4-5-15-13)16-6-8-17-9-7-16/h2-3,10,14-15H,4-9H2,1H3. The van der Waals surface area contributed by atoms with Crippen molar-refractivity contribution in [3.05, 3.63) is 29.3 Å². The van der Waals surface area contributed by atoms with Crippen molar-refractivity contribution in [1.82, 2.24) is 4.90 Å². The average Bonchev–Trinajstić information content (AvgIpc) is 2.39. The van der Waals surface area contributed by atoms with E-state index in [2.05, 4.69) is 35.3 Å². The third-order valence-corrected chi connectivity index (χ3v) is 3.79. The molecule has 1 aromatic rings. The number of nitrogens with one attached hydrogen (secondary N) is 1. The number of nitrogens with zero attached hydrogens (tertiary/aromatic N) is 1. The van der Waals surface area contributed by atoms with Gasteiger partial charge in [0.05, 0.1) is 13.2 Å². The Balaban J connectivity index is 1.89. The van der Waals surface area contributed by atoms with Crippen molar-refractivity contribution in [3.8, 4) is 0 Å². The molecule has 1 atom stereocenters. The molecule has 0 spiro atoms. The normalized spacial score (nSPS) is 25.1. The lowest BCUT2D eigenvalue weighted by molar-refractivity contribution is 0.0144. The molecule has 1 aromatic carbocycles. The summed E-state index contributed by atoms with van der Waals surface area (Å²) in [6.07, 6.45) is 1.20. The summed E-state index contributed by atoms with van der Waals surface area (Å²) in [6, 6.07) is 7.32. The Hall–Kier alpha value is -1.06. The number of anilines is 1. The molecule has 0 aliphatic carbocycles. The quantitative estimate of drug-likeness (QED) is 0.803. The molecule has 0 bridgehead atoms. The zero-order valence-corrected chi connectivity index (χ0v) is 10.4. The minimum atomic E-state index is 0.579. The van der Waals surface area contributed by atoms with E-state index in [1.807, 2.05) is 0 Å². The SMILES string of the molecule is Cc1ccc2c(c1)C(N1CCOCC1)CCN2. The summed E-state index contributed by atoms with van der Waals surface area (Å²) in [5.41, 5.74) is 4.14. The molecular weight excluding hydrogens is 212 g/mol. The molecule has 2 aliphatic heterocycles. The second kappa shape index (κ2) is 4.67. The molecule has 1 unspecified atom stereocenters. The van der Waals surface area contributed by atoms with E-state index in [-0.39, 0.29) is 0 Å². The second-order valence-electron chi connectivity index (χ2n) is 4.97. The van der Waals surface area contributed by atoms with Gasteiger partial charge in [-0.2, -0.15) is 0 Å². The molecule has 0 radical (unpaired) electrons. The summed E-state index contributed by atoms with van der Waals surface area (Å²) in [5.74, 6) is 0. The van der Waals surface area contributed by atoms with Crippen LogP contribution >= 0.6 is 0 Å². The van der Waals surface area contributed by atoms with Crippen LogP contribution in [-0.4, -0.2) is 37.7 Å². The molecule has 3 nitrogen and oxygen atoms in total. The van der Waals surface area contributed by atoms with E-state index in [0.29, 0.717) is 6.04 Å². The first-order chi connectivity index (χ1) is 8.34. The average molecular weight is 232 g/mol. The van der Waals surface area contributed by atoms with Crippen LogP contribution in [-0.2, 0) is 4.74 Å². The third-order valence-electron chi connectivity index (χ3n) is 3.79.